The summed E-state index contributed by atoms with van der Waals surface area (Å²) in [7, 11) is 0. The second-order valence-electron chi connectivity index (χ2n) is 9.24. The van der Waals surface area contributed by atoms with E-state index in [1.165, 1.54) is 0 Å². The van der Waals surface area contributed by atoms with Gasteiger partial charge in [0, 0.05) is 44.8 Å². The Labute approximate surface area is 229 Å². The zero-order valence-corrected chi connectivity index (χ0v) is 22.8. The Kier molecular flexibility index (Phi) is 9.67. The molecule has 2 aromatic carbocycles. The highest BCUT2D eigenvalue weighted by molar-refractivity contribution is 6.33. The zero-order chi connectivity index (χ0) is 26.9. The molecule has 2 amide bonds. The summed E-state index contributed by atoms with van der Waals surface area (Å²) >= 11 is 6.31. The van der Waals surface area contributed by atoms with Gasteiger partial charge in [-0.1, -0.05) is 67.9 Å². The maximum atomic E-state index is 13.4. The third-order valence-corrected chi connectivity index (χ3v) is 7.30. The van der Waals surface area contributed by atoms with Crippen molar-refractivity contribution in [2.45, 2.75) is 13.8 Å². The molecule has 200 valence electrons. The lowest BCUT2D eigenvalue weighted by atomic mass is 10.1. The molecule has 3 aromatic rings. The van der Waals surface area contributed by atoms with Crippen LogP contribution in [-0.2, 0) is 4.79 Å². The molecule has 4 rings (SSSR count). The molecule has 1 aliphatic heterocycles. The number of hydrogen-bond acceptors (Lipinski definition) is 6. The lowest BCUT2D eigenvalue weighted by molar-refractivity contribution is -0.132. The second kappa shape index (κ2) is 13.3. The predicted octanol–water partition coefficient (Wildman–Crippen LogP) is 3.93. The zero-order valence-electron chi connectivity index (χ0n) is 22.1. The van der Waals surface area contributed by atoms with E-state index >= 15 is 0 Å². The number of anilines is 1. The number of likely N-dealkylation sites (N-methyl/N-ethyl adjacent to an activating group) is 1. The van der Waals surface area contributed by atoms with Crippen molar-refractivity contribution in [3.8, 4) is 11.3 Å². The van der Waals surface area contributed by atoms with Gasteiger partial charge in [0.15, 0.2) is 5.82 Å². The van der Waals surface area contributed by atoms with Crippen molar-refractivity contribution in [1.82, 2.24) is 24.9 Å². The number of rotatable bonds is 10. The van der Waals surface area contributed by atoms with Gasteiger partial charge >= 0.3 is 0 Å². The van der Waals surface area contributed by atoms with Gasteiger partial charge in [0.05, 0.1) is 16.3 Å². The maximum absolute atomic E-state index is 13.4. The summed E-state index contributed by atoms with van der Waals surface area (Å²) in [6.45, 7) is 9.56. The standard InChI is InChI=1S/C29H35ClN6O2/c1-3-33(4-2)16-17-36(29(38)24-12-8-9-13-25(24)30)22-28(37)35-20-18-34(19-21-35)27-15-14-26(31-32-27)23-10-6-5-7-11-23/h5-15H,3-4,16-22H2,1-2H3. The predicted molar refractivity (Wildman–Crippen MR) is 151 cm³/mol. The molecule has 8 nitrogen and oxygen atoms in total. The van der Waals surface area contributed by atoms with Crippen LogP contribution in [0.4, 0.5) is 5.82 Å². The van der Waals surface area contributed by atoms with Gasteiger partial charge in [-0.15, -0.1) is 10.2 Å². The van der Waals surface area contributed by atoms with E-state index in [1.807, 2.05) is 47.4 Å². The minimum atomic E-state index is -0.219. The highest BCUT2D eigenvalue weighted by atomic mass is 35.5. The summed E-state index contributed by atoms with van der Waals surface area (Å²) in [5.74, 6) is 0.519. The smallest absolute Gasteiger partial charge is 0.255 e. The molecule has 0 spiro atoms. The van der Waals surface area contributed by atoms with Gasteiger partial charge in [0.2, 0.25) is 5.91 Å². The molecule has 0 saturated carbocycles. The van der Waals surface area contributed by atoms with E-state index in [4.69, 9.17) is 11.6 Å². The molecule has 0 N–H and O–H groups in total. The lowest BCUT2D eigenvalue weighted by Gasteiger charge is -2.36. The number of piperazine rings is 1. The lowest BCUT2D eigenvalue weighted by Crippen LogP contribution is -2.52. The SMILES string of the molecule is CCN(CC)CCN(CC(=O)N1CCN(c2ccc(-c3ccccc3)nn2)CC1)C(=O)c1ccccc1Cl. The third kappa shape index (κ3) is 6.88. The molecule has 0 unspecified atom stereocenters. The van der Waals surface area contributed by atoms with Crippen LogP contribution in [0.5, 0.6) is 0 Å². The van der Waals surface area contributed by atoms with E-state index in [0.29, 0.717) is 49.9 Å². The Balaban J connectivity index is 1.37. The van der Waals surface area contributed by atoms with Crippen LogP contribution in [0, 0.1) is 0 Å². The number of nitrogens with zero attached hydrogens (tertiary/aromatic N) is 6. The topological polar surface area (TPSA) is 72.9 Å². The van der Waals surface area contributed by atoms with Gasteiger partial charge in [-0.05, 0) is 37.4 Å². The van der Waals surface area contributed by atoms with Crippen LogP contribution in [0.25, 0.3) is 11.3 Å². The Morgan fingerprint density at radius 1 is 0.842 bits per heavy atom. The fourth-order valence-electron chi connectivity index (χ4n) is 4.56. The molecule has 1 fully saturated rings. The van der Waals surface area contributed by atoms with Gasteiger partial charge in [0.25, 0.3) is 5.91 Å². The molecule has 0 atom stereocenters. The van der Waals surface area contributed by atoms with Gasteiger partial charge in [-0.2, -0.15) is 0 Å². The van der Waals surface area contributed by atoms with E-state index in [1.54, 1.807) is 29.2 Å². The monoisotopic (exact) mass is 534 g/mol. The average molecular weight is 535 g/mol. The van der Waals surface area contributed by atoms with Crippen molar-refractivity contribution in [3.05, 3.63) is 77.3 Å². The molecule has 9 heteroatoms. The van der Waals surface area contributed by atoms with E-state index in [-0.39, 0.29) is 18.4 Å². The average Bonchev–Trinajstić information content (AvgIpc) is 2.97. The van der Waals surface area contributed by atoms with Crippen LogP contribution in [0.3, 0.4) is 0 Å². The third-order valence-electron chi connectivity index (χ3n) is 6.97. The summed E-state index contributed by atoms with van der Waals surface area (Å²) in [5, 5.41) is 9.21. The van der Waals surface area contributed by atoms with Gasteiger partial charge in [0.1, 0.15) is 6.54 Å². The van der Waals surface area contributed by atoms with E-state index in [2.05, 4.69) is 33.8 Å². The van der Waals surface area contributed by atoms with Crippen molar-refractivity contribution < 1.29 is 9.59 Å². The van der Waals surface area contributed by atoms with Crippen LogP contribution in [0.2, 0.25) is 5.02 Å². The van der Waals surface area contributed by atoms with E-state index in [9.17, 15) is 9.59 Å². The normalized spacial score (nSPS) is 13.6. The van der Waals surface area contributed by atoms with Gasteiger partial charge in [-0.3, -0.25) is 9.59 Å². The Bertz CT molecular complexity index is 1200. The van der Waals surface area contributed by atoms with E-state index < -0.39 is 0 Å². The van der Waals surface area contributed by atoms with Crippen molar-refractivity contribution in [2.24, 2.45) is 0 Å². The summed E-state index contributed by atoms with van der Waals surface area (Å²) in [6.07, 6.45) is 0. The Morgan fingerprint density at radius 2 is 1.53 bits per heavy atom. The molecule has 0 bridgehead atoms. The fraction of sp³-hybridized carbons (Fsp3) is 0.379. The Hall–Kier alpha value is -3.49. The summed E-state index contributed by atoms with van der Waals surface area (Å²) in [5.41, 5.74) is 2.28. The molecular weight excluding hydrogens is 500 g/mol. The first kappa shape index (κ1) is 27.5. The quantitative estimate of drug-likeness (QED) is 0.392. The first-order valence-corrected chi connectivity index (χ1v) is 13.6. The number of benzene rings is 2. The molecule has 1 aliphatic rings. The molecule has 1 saturated heterocycles. The summed E-state index contributed by atoms with van der Waals surface area (Å²) in [6, 6.07) is 20.9. The number of aromatic nitrogens is 2. The summed E-state index contributed by atoms with van der Waals surface area (Å²) in [4.78, 5) is 34.5. The number of carbonyl (C=O) groups is 2. The van der Waals surface area contributed by atoms with Gasteiger partial charge in [-0.25, -0.2) is 0 Å². The first-order chi connectivity index (χ1) is 18.5. The van der Waals surface area contributed by atoms with Crippen LogP contribution >= 0.6 is 11.6 Å². The minimum Gasteiger partial charge on any atom is -0.352 e. The van der Waals surface area contributed by atoms with E-state index in [0.717, 1.165) is 30.2 Å². The number of amides is 2. The van der Waals surface area contributed by atoms with Crippen molar-refractivity contribution in [1.29, 1.82) is 0 Å². The fourth-order valence-corrected chi connectivity index (χ4v) is 4.78. The van der Waals surface area contributed by atoms with Crippen molar-refractivity contribution >= 4 is 29.2 Å². The van der Waals surface area contributed by atoms with Crippen molar-refractivity contribution in [2.75, 3.05) is 63.8 Å². The number of hydrogen-bond donors (Lipinski definition) is 0. The maximum Gasteiger partial charge on any atom is 0.255 e. The molecule has 0 radical (unpaired) electrons. The number of carbonyl (C=O) groups excluding carboxylic acids is 2. The Morgan fingerprint density at radius 3 is 2.16 bits per heavy atom. The summed E-state index contributed by atoms with van der Waals surface area (Å²) < 4.78 is 0. The minimum absolute atomic E-state index is 0.0247. The molecule has 38 heavy (non-hydrogen) atoms. The molecule has 1 aromatic heterocycles. The largest absolute Gasteiger partial charge is 0.352 e. The number of halogens is 1. The first-order valence-electron chi connectivity index (χ1n) is 13.2. The molecule has 2 heterocycles. The molecular formula is C29H35ClN6O2. The van der Waals surface area contributed by atoms with Crippen LogP contribution in [-0.4, -0.2) is 95.6 Å². The van der Waals surface area contributed by atoms with Crippen LogP contribution in [0.15, 0.2) is 66.7 Å². The van der Waals surface area contributed by atoms with Crippen LogP contribution < -0.4 is 4.90 Å². The van der Waals surface area contributed by atoms with Crippen LogP contribution in [0.1, 0.15) is 24.2 Å². The second-order valence-corrected chi connectivity index (χ2v) is 9.65. The molecule has 0 aliphatic carbocycles. The highest BCUT2D eigenvalue weighted by Crippen LogP contribution is 2.20. The van der Waals surface area contributed by atoms with Gasteiger partial charge < -0.3 is 19.6 Å². The van der Waals surface area contributed by atoms with Crippen molar-refractivity contribution in [3.63, 3.8) is 0 Å². The highest BCUT2D eigenvalue weighted by Gasteiger charge is 2.27.